The Morgan fingerprint density at radius 1 is 1.21 bits per heavy atom. The van der Waals surface area contributed by atoms with E-state index in [0.717, 1.165) is 5.56 Å². The van der Waals surface area contributed by atoms with Crippen LogP contribution in [0.25, 0.3) is 6.08 Å². The lowest BCUT2D eigenvalue weighted by atomic mass is 10.1. The number of hydrogen-bond acceptors (Lipinski definition) is 4. The first-order valence-electron chi connectivity index (χ1n) is 7.22. The molecule has 0 saturated carbocycles. The van der Waals surface area contributed by atoms with Gasteiger partial charge in [-0.2, -0.15) is 10.5 Å². The van der Waals surface area contributed by atoms with Crippen molar-refractivity contribution in [2.45, 2.75) is 6.92 Å². The molecule has 2 aromatic carbocycles. The Morgan fingerprint density at radius 2 is 1.96 bits per heavy atom. The Kier molecular flexibility index (Phi) is 5.71. The topological polar surface area (TPSA) is 85.9 Å². The molecular formula is C19H15N3O2. The predicted molar refractivity (Wildman–Crippen MR) is 90.9 cm³/mol. The Labute approximate surface area is 140 Å². The Morgan fingerprint density at radius 3 is 2.58 bits per heavy atom. The molecule has 5 nitrogen and oxygen atoms in total. The molecule has 0 aliphatic carbocycles. The van der Waals surface area contributed by atoms with Gasteiger partial charge < -0.3 is 10.1 Å². The van der Waals surface area contributed by atoms with E-state index < -0.39 is 5.91 Å². The van der Waals surface area contributed by atoms with Crippen LogP contribution in [-0.4, -0.2) is 12.5 Å². The van der Waals surface area contributed by atoms with Crippen molar-refractivity contribution in [1.82, 2.24) is 0 Å². The number of carbonyl (C=O) groups is 1. The van der Waals surface area contributed by atoms with Gasteiger partial charge in [0.2, 0.25) is 0 Å². The highest BCUT2D eigenvalue weighted by Gasteiger charge is 2.09. The Hall–Kier alpha value is -3.57. The number of rotatable bonds is 5. The molecule has 2 rings (SSSR count). The summed E-state index contributed by atoms with van der Waals surface area (Å²) in [6.45, 7) is 1.89. The number of nitrogens with zero attached hydrogens (tertiary/aromatic N) is 2. The number of anilines is 1. The second kappa shape index (κ2) is 8.17. The van der Waals surface area contributed by atoms with Crippen molar-refractivity contribution in [1.29, 1.82) is 10.5 Å². The lowest BCUT2D eigenvalue weighted by Crippen LogP contribution is -2.13. The van der Waals surface area contributed by atoms with Gasteiger partial charge in [0.05, 0.1) is 0 Å². The van der Waals surface area contributed by atoms with Crippen molar-refractivity contribution < 1.29 is 9.53 Å². The summed E-state index contributed by atoms with van der Waals surface area (Å²) in [7, 11) is 0. The molecule has 2 aromatic rings. The second-order valence-electron chi connectivity index (χ2n) is 5.01. The van der Waals surface area contributed by atoms with Crippen LogP contribution in [0.5, 0.6) is 5.75 Å². The molecule has 5 heteroatoms. The van der Waals surface area contributed by atoms with E-state index in [0.29, 0.717) is 17.0 Å². The van der Waals surface area contributed by atoms with Gasteiger partial charge in [0.15, 0.2) is 6.61 Å². The average Bonchev–Trinajstić information content (AvgIpc) is 2.58. The fourth-order valence-corrected chi connectivity index (χ4v) is 2.01. The summed E-state index contributed by atoms with van der Waals surface area (Å²) in [5.74, 6) is 0.0873. The number of benzene rings is 2. The molecule has 0 radical (unpaired) electrons. The fraction of sp³-hybridized carbons (Fsp3) is 0.105. The smallest absolute Gasteiger partial charge is 0.266 e. The molecule has 0 fully saturated rings. The lowest BCUT2D eigenvalue weighted by molar-refractivity contribution is -0.112. The normalized spacial score (nSPS) is 10.4. The van der Waals surface area contributed by atoms with Crippen LogP contribution in [0.3, 0.4) is 0 Å². The summed E-state index contributed by atoms with van der Waals surface area (Å²) < 4.78 is 5.15. The second-order valence-corrected chi connectivity index (χ2v) is 5.01. The largest absolute Gasteiger partial charge is 0.479 e. The first-order valence-corrected chi connectivity index (χ1v) is 7.22. The molecule has 0 heterocycles. The number of carbonyl (C=O) groups excluding carboxylic acids is 1. The van der Waals surface area contributed by atoms with Crippen molar-refractivity contribution in [2.24, 2.45) is 0 Å². The van der Waals surface area contributed by atoms with E-state index in [1.807, 2.05) is 37.3 Å². The molecule has 0 unspecified atom stereocenters. The highest BCUT2D eigenvalue weighted by molar-refractivity contribution is 6.09. The van der Waals surface area contributed by atoms with E-state index >= 15 is 0 Å². The molecule has 0 spiro atoms. The molecule has 118 valence electrons. The summed E-state index contributed by atoms with van der Waals surface area (Å²) >= 11 is 0. The van der Waals surface area contributed by atoms with Gasteiger partial charge in [0, 0.05) is 5.69 Å². The third-order valence-electron chi connectivity index (χ3n) is 3.14. The molecular weight excluding hydrogens is 302 g/mol. The maximum absolute atomic E-state index is 12.2. The van der Waals surface area contributed by atoms with Crippen LogP contribution in [0.15, 0.2) is 54.1 Å². The predicted octanol–water partition coefficient (Wildman–Crippen LogP) is 3.44. The maximum atomic E-state index is 12.2. The van der Waals surface area contributed by atoms with Crippen molar-refractivity contribution in [3.8, 4) is 17.9 Å². The Bertz CT molecular complexity index is 840. The quantitative estimate of drug-likeness (QED) is 0.676. The van der Waals surface area contributed by atoms with Gasteiger partial charge in [-0.1, -0.05) is 24.3 Å². The van der Waals surface area contributed by atoms with Crippen LogP contribution in [0, 0.1) is 29.6 Å². The minimum atomic E-state index is -0.465. The monoisotopic (exact) mass is 317 g/mol. The third kappa shape index (κ3) is 4.72. The molecule has 0 saturated heterocycles. The maximum Gasteiger partial charge on any atom is 0.266 e. The van der Waals surface area contributed by atoms with Crippen molar-refractivity contribution in [2.75, 3.05) is 11.9 Å². The van der Waals surface area contributed by atoms with Crippen LogP contribution < -0.4 is 10.1 Å². The fourth-order valence-electron chi connectivity index (χ4n) is 2.01. The van der Waals surface area contributed by atoms with Gasteiger partial charge >= 0.3 is 0 Å². The van der Waals surface area contributed by atoms with Gasteiger partial charge in [-0.25, -0.2) is 0 Å². The van der Waals surface area contributed by atoms with E-state index in [-0.39, 0.29) is 12.2 Å². The van der Waals surface area contributed by atoms with E-state index in [1.54, 1.807) is 30.3 Å². The molecule has 0 bridgehead atoms. The zero-order valence-electron chi connectivity index (χ0n) is 13.1. The van der Waals surface area contributed by atoms with Crippen molar-refractivity contribution >= 4 is 17.7 Å². The first-order chi connectivity index (χ1) is 11.6. The summed E-state index contributed by atoms with van der Waals surface area (Å²) in [6, 6.07) is 17.9. The van der Waals surface area contributed by atoms with Gasteiger partial charge in [-0.05, 0) is 48.4 Å². The molecule has 0 aliphatic heterocycles. The van der Waals surface area contributed by atoms with E-state index in [2.05, 4.69) is 5.32 Å². The highest BCUT2D eigenvalue weighted by Crippen LogP contribution is 2.16. The van der Waals surface area contributed by atoms with Crippen molar-refractivity contribution in [3.05, 3.63) is 65.2 Å². The van der Waals surface area contributed by atoms with Crippen molar-refractivity contribution in [3.63, 3.8) is 0 Å². The first kappa shape index (κ1) is 16.8. The third-order valence-corrected chi connectivity index (χ3v) is 3.14. The highest BCUT2D eigenvalue weighted by atomic mass is 16.5. The number of ether oxygens (including phenoxy) is 1. The van der Waals surface area contributed by atoms with Gasteiger partial charge in [0.1, 0.15) is 23.5 Å². The molecule has 0 atom stereocenters. The van der Waals surface area contributed by atoms with Crippen LogP contribution in [-0.2, 0) is 4.79 Å². The minimum Gasteiger partial charge on any atom is -0.479 e. The molecule has 1 amide bonds. The molecule has 24 heavy (non-hydrogen) atoms. The average molecular weight is 317 g/mol. The number of aryl methyl sites for hydroxylation is 1. The number of hydrogen-bond donors (Lipinski definition) is 1. The molecule has 0 aliphatic rings. The summed E-state index contributed by atoms with van der Waals surface area (Å²) in [4.78, 5) is 12.2. The summed E-state index contributed by atoms with van der Waals surface area (Å²) in [5, 5.41) is 20.4. The van der Waals surface area contributed by atoms with Crippen LogP contribution in [0.4, 0.5) is 5.69 Å². The Balaban J connectivity index is 2.12. The van der Waals surface area contributed by atoms with Gasteiger partial charge in [0.25, 0.3) is 5.91 Å². The van der Waals surface area contributed by atoms with Crippen LogP contribution in [0.2, 0.25) is 0 Å². The number of amides is 1. The van der Waals surface area contributed by atoms with Gasteiger partial charge in [-0.3, -0.25) is 4.79 Å². The van der Waals surface area contributed by atoms with E-state index in [4.69, 9.17) is 10.00 Å². The standard InChI is InChI=1S/C19H15N3O2/c1-14-3-2-4-17(11-14)22-19(23)16(13-21)12-15-5-7-18(8-6-15)24-10-9-20/h2-8,11-12H,10H2,1H3,(H,22,23)/b16-12-. The zero-order valence-corrected chi connectivity index (χ0v) is 13.1. The number of nitrogens with one attached hydrogen (secondary N) is 1. The summed E-state index contributed by atoms with van der Waals surface area (Å²) in [5.41, 5.74) is 2.35. The van der Waals surface area contributed by atoms with Crippen LogP contribution in [0.1, 0.15) is 11.1 Å². The summed E-state index contributed by atoms with van der Waals surface area (Å²) in [6.07, 6.45) is 1.50. The zero-order chi connectivity index (χ0) is 17.4. The van der Waals surface area contributed by atoms with Crippen LogP contribution >= 0.6 is 0 Å². The molecule has 1 N–H and O–H groups in total. The van der Waals surface area contributed by atoms with Gasteiger partial charge in [-0.15, -0.1) is 0 Å². The molecule has 0 aromatic heterocycles. The SMILES string of the molecule is Cc1cccc(NC(=O)/C(C#N)=C\c2ccc(OCC#N)cc2)c1. The number of nitriles is 2. The van der Waals surface area contributed by atoms with E-state index in [1.165, 1.54) is 6.08 Å². The van der Waals surface area contributed by atoms with E-state index in [9.17, 15) is 10.1 Å². The minimum absolute atomic E-state index is 0.00204. The lowest BCUT2D eigenvalue weighted by Gasteiger charge is -2.05.